The highest BCUT2D eigenvalue weighted by Crippen LogP contribution is 2.35. The molecule has 0 bridgehead atoms. The van der Waals surface area contributed by atoms with Gasteiger partial charge in [0.2, 0.25) is 0 Å². The molecule has 0 unspecified atom stereocenters. The molecule has 2 nitrogen and oxygen atoms in total. The second kappa shape index (κ2) is 3.82. The molecule has 0 amide bonds. The zero-order valence-electron chi connectivity index (χ0n) is 9.31. The predicted octanol–water partition coefficient (Wildman–Crippen LogP) is 2.21. The van der Waals surface area contributed by atoms with Crippen LogP contribution in [0.2, 0.25) is 0 Å². The zero-order chi connectivity index (χ0) is 10.1. The van der Waals surface area contributed by atoms with E-state index in [0.29, 0.717) is 5.54 Å². The van der Waals surface area contributed by atoms with Crippen molar-refractivity contribution in [2.75, 3.05) is 6.54 Å². The molecule has 0 atom stereocenters. The van der Waals surface area contributed by atoms with Gasteiger partial charge in [0.25, 0.3) is 0 Å². The lowest BCUT2D eigenvalue weighted by Gasteiger charge is -2.28. The molecular formula is C12H23NO. The Hall–Kier alpha value is -0.0800. The van der Waals surface area contributed by atoms with Crippen LogP contribution in [0.25, 0.3) is 0 Å². The summed E-state index contributed by atoms with van der Waals surface area (Å²) in [5.74, 6) is 0. The van der Waals surface area contributed by atoms with Crippen LogP contribution in [0.4, 0.5) is 0 Å². The molecule has 82 valence electrons. The van der Waals surface area contributed by atoms with Gasteiger partial charge in [-0.1, -0.05) is 25.7 Å². The van der Waals surface area contributed by atoms with Crippen LogP contribution in [-0.4, -0.2) is 22.8 Å². The van der Waals surface area contributed by atoms with Gasteiger partial charge in [-0.15, -0.1) is 0 Å². The maximum atomic E-state index is 10.4. The standard InChI is InChI=1S/C12H23NO/c1-11(8-9-11)13-10-12(14)6-4-2-3-5-7-12/h13-14H,2-10H2,1H3. The summed E-state index contributed by atoms with van der Waals surface area (Å²) >= 11 is 0. The van der Waals surface area contributed by atoms with Gasteiger partial charge in [-0.2, -0.15) is 0 Å². The summed E-state index contributed by atoms with van der Waals surface area (Å²) in [4.78, 5) is 0. The van der Waals surface area contributed by atoms with Gasteiger partial charge in [-0.25, -0.2) is 0 Å². The van der Waals surface area contributed by atoms with E-state index >= 15 is 0 Å². The average Bonchev–Trinajstić information content (AvgIpc) is 2.90. The molecule has 2 rings (SSSR count). The fraction of sp³-hybridized carbons (Fsp3) is 1.00. The predicted molar refractivity (Wildman–Crippen MR) is 58.3 cm³/mol. The molecule has 2 N–H and O–H groups in total. The van der Waals surface area contributed by atoms with Crippen LogP contribution in [0.1, 0.15) is 58.3 Å². The van der Waals surface area contributed by atoms with Crippen LogP contribution in [0.5, 0.6) is 0 Å². The van der Waals surface area contributed by atoms with Crippen molar-refractivity contribution in [3.8, 4) is 0 Å². The van der Waals surface area contributed by atoms with Gasteiger partial charge >= 0.3 is 0 Å². The smallest absolute Gasteiger partial charge is 0.0771 e. The molecule has 2 aliphatic carbocycles. The molecule has 0 saturated heterocycles. The number of hydrogen-bond acceptors (Lipinski definition) is 2. The van der Waals surface area contributed by atoms with Crippen molar-refractivity contribution < 1.29 is 5.11 Å². The second-order valence-electron chi connectivity index (χ2n) is 5.55. The third-order valence-electron chi connectivity index (χ3n) is 3.88. The minimum Gasteiger partial charge on any atom is -0.389 e. The molecule has 0 aromatic carbocycles. The second-order valence-corrected chi connectivity index (χ2v) is 5.55. The van der Waals surface area contributed by atoms with Crippen LogP contribution in [0.3, 0.4) is 0 Å². The van der Waals surface area contributed by atoms with Crippen LogP contribution in [-0.2, 0) is 0 Å². The Morgan fingerprint density at radius 2 is 1.57 bits per heavy atom. The third-order valence-corrected chi connectivity index (χ3v) is 3.88. The van der Waals surface area contributed by atoms with Crippen molar-refractivity contribution >= 4 is 0 Å². The first-order valence-corrected chi connectivity index (χ1v) is 6.09. The van der Waals surface area contributed by atoms with Gasteiger partial charge in [0.15, 0.2) is 0 Å². The zero-order valence-corrected chi connectivity index (χ0v) is 9.31. The summed E-state index contributed by atoms with van der Waals surface area (Å²) in [6.45, 7) is 3.07. The number of β-amino-alcohol motifs (C(OH)–C–C–N with tert-alkyl or cyclic N) is 1. The highest BCUT2D eigenvalue weighted by Gasteiger charge is 2.39. The van der Waals surface area contributed by atoms with E-state index in [1.807, 2.05) is 0 Å². The van der Waals surface area contributed by atoms with Crippen molar-refractivity contribution in [2.24, 2.45) is 0 Å². The topological polar surface area (TPSA) is 32.3 Å². The van der Waals surface area contributed by atoms with Gasteiger partial charge in [0.1, 0.15) is 0 Å². The van der Waals surface area contributed by atoms with Crippen molar-refractivity contribution in [1.29, 1.82) is 0 Å². The van der Waals surface area contributed by atoms with Crippen LogP contribution < -0.4 is 5.32 Å². The first-order chi connectivity index (χ1) is 6.62. The van der Waals surface area contributed by atoms with E-state index in [9.17, 15) is 5.11 Å². The third kappa shape index (κ3) is 2.71. The molecule has 0 spiro atoms. The lowest BCUT2D eigenvalue weighted by atomic mass is 9.94. The van der Waals surface area contributed by atoms with Crippen molar-refractivity contribution in [2.45, 2.75) is 69.4 Å². The monoisotopic (exact) mass is 197 g/mol. The number of hydrogen-bond donors (Lipinski definition) is 2. The quantitative estimate of drug-likeness (QED) is 0.680. The normalized spacial score (nSPS) is 29.6. The Morgan fingerprint density at radius 1 is 1.00 bits per heavy atom. The van der Waals surface area contributed by atoms with E-state index in [4.69, 9.17) is 0 Å². The van der Waals surface area contributed by atoms with Crippen molar-refractivity contribution in [1.82, 2.24) is 5.32 Å². The number of nitrogens with one attached hydrogen (secondary N) is 1. The fourth-order valence-electron chi connectivity index (χ4n) is 2.31. The Labute approximate surface area is 87.1 Å². The van der Waals surface area contributed by atoms with Crippen molar-refractivity contribution in [3.05, 3.63) is 0 Å². The molecule has 0 aromatic heterocycles. The van der Waals surface area contributed by atoms with E-state index in [1.54, 1.807) is 0 Å². The minimum atomic E-state index is -0.401. The molecule has 14 heavy (non-hydrogen) atoms. The molecular weight excluding hydrogens is 174 g/mol. The molecule has 0 radical (unpaired) electrons. The van der Waals surface area contributed by atoms with E-state index in [2.05, 4.69) is 12.2 Å². The van der Waals surface area contributed by atoms with E-state index in [0.717, 1.165) is 19.4 Å². The van der Waals surface area contributed by atoms with Gasteiger partial charge in [-0.3, -0.25) is 0 Å². The van der Waals surface area contributed by atoms with Gasteiger partial charge < -0.3 is 10.4 Å². The highest BCUT2D eigenvalue weighted by molar-refractivity contribution is 4.99. The SMILES string of the molecule is CC1(NCC2(O)CCCCCC2)CC1. The first kappa shape index (κ1) is 10.4. The first-order valence-electron chi connectivity index (χ1n) is 6.09. The van der Waals surface area contributed by atoms with Gasteiger partial charge in [-0.05, 0) is 32.6 Å². The molecule has 2 aliphatic rings. The summed E-state index contributed by atoms with van der Waals surface area (Å²) in [6, 6.07) is 0. The Balaban J connectivity index is 1.80. The molecule has 0 aliphatic heterocycles. The van der Waals surface area contributed by atoms with Gasteiger partial charge in [0, 0.05) is 12.1 Å². The Morgan fingerprint density at radius 3 is 2.07 bits per heavy atom. The Bertz CT molecular complexity index is 190. The largest absolute Gasteiger partial charge is 0.389 e. The summed E-state index contributed by atoms with van der Waals surface area (Å²) in [5, 5.41) is 13.9. The number of aliphatic hydroxyl groups is 1. The summed E-state index contributed by atoms with van der Waals surface area (Å²) in [5.41, 5.74) is -0.0376. The maximum Gasteiger partial charge on any atom is 0.0771 e. The summed E-state index contributed by atoms with van der Waals surface area (Å²) < 4.78 is 0. The average molecular weight is 197 g/mol. The molecule has 2 heteroatoms. The van der Waals surface area contributed by atoms with E-state index < -0.39 is 5.60 Å². The van der Waals surface area contributed by atoms with Crippen molar-refractivity contribution in [3.63, 3.8) is 0 Å². The summed E-state index contributed by atoms with van der Waals surface area (Å²) in [7, 11) is 0. The molecule has 2 saturated carbocycles. The Kier molecular flexibility index (Phi) is 2.85. The lowest BCUT2D eigenvalue weighted by molar-refractivity contribution is 0.0223. The van der Waals surface area contributed by atoms with Crippen LogP contribution >= 0.6 is 0 Å². The summed E-state index contributed by atoms with van der Waals surface area (Å²) in [6.07, 6.45) is 9.57. The molecule has 0 heterocycles. The fourth-order valence-corrected chi connectivity index (χ4v) is 2.31. The molecule has 0 aromatic rings. The van der Waals surface area contributed by atoms with Crippen LogP contribution in [0, 0.1) is 0 Å². The minimum absolute atomic E-state index is 0.363. The highest BCUT2D eigenvalue weighted by atomic mass is 16.3. The van der Waals surface area contributed by atoms with Crippen LogP contribution in [0.15, 0.2) is 0 Å². The van der Waals surface area contributed by atoms with Gasteiger partial charge in [0.05, 0.1) is 5.60 Å². The lowest BCUT2D eigenvalue weighted by Crippen LogP contribution is -2.44. The molecule has 2 fully saturated rings. The van der Waals surface area contributed by atoms with E-state index in [-0.39, 0.29) is 0 Å². The number of rotatable bonds is 3. The maximum absolute atomic E-state index is 10.4. The van der Waals surface area contributed by atoms with E-state index in [1.165, 1.54) is 38.5 Å².